The second-order valence-electron chi connectivity index (χ2n) is 6.40. The quantitative estimate of drug-likeness (QED) is 0.567. The highest BCUT2D eigenvalue weighted by Gasteiger charge is 2.24. The lowest BCUT2D eigenvalue weighted by molar-refractivity contribution is -0.129. The molecule has 0 aliphatic carbocycles. The highest BCUT2D eigenvalue weighted by molar-refractivity contribution is 7.99. The maximum Gasteiger partial charge on any atom is 0.409 e. The van der Waals surface area contributed by atoms with E-state index in [1.54, 1.807) is 16.7 Å². The van der Waals surface area contributed by atoms with Crippen molar-refractivity contribution in [3.05, 3.63) is 42.1 Å². The van der Waals surface area contributed by atoms with Crippen molar-refractivity contribution in [3.8, 4) is 11.3 Å². The van der Waals surface area contributed by atoms with Crippen LogP contribution in [0.25, 0.3) is 11.3 Å². The van der Waals surface area contributed by atoms with Gasteiger partial charge in [-0.25, -0.2) is 14.8 Å². The monoisotopic (exact) mass is 400 g/mol. The van der Waals surface area contributed by atoms with E-state index < -0.39 is 0 Å². The Hall–Kier alpha value is -2.61. The van der Waals surface area contributed by atoms with Crippen molar-refractivity contribution >= 4 is 23.8 Å². The number of amides is 2. The van der Waals surface area contributed by atoms with Crippen LogP contribution in [0, 0.1) is 6.92 Å². The van der Waals surface area contributed by atoms with E-state index in [9.17, 15) is 9.59 Å². The average molecular weight is 401 g/mol. The van der Waals surface area contributed by atoms with Crippen LogP contribution >= 0.6 is 11.8 Å². The van der Waals surface area contributed by atoms with Crippen LogP contribution in [0.15, 0.2) is 41.6 Å². The number of nitrogens with zero attached hydrogens (tertiary/aromatic N) is 4. The van der Waals surface area contributed by atoms with Crippen molar-refractivity contribution in [1.82, 2.24) is 19.8 Å². The molecule has 1 aromatic carbocycles. The van der Waals surface area contributed by atoms with Crippen LogP contribution in [0.4, 0.5) is 4.79 Å². The van der Waals surface area contributed by atoms with E-state index in [4.69, 9.17) is 4.74 Å². The number of carbonyl (C=O) groups is 2. The van der Waals surface area contributed by atoms with Crippen LogP contribution in [0.5, 0.6) is 0 Å². The average Bonchev–Trinajstić information content (AvgIpc) is 2.72. The zero-order valence-corrected chi connectivity index (χ0v) is 16.9. The molecule has 2 heterocycles. The maximum atomic E-state index is 12.5. The van der Waals surface area contributed by atoms with Crippen molar-refractivity contribution in [2.45, 2.75) is 19.0 Å². The topological polar surface area (TPSA) is 75.6 Å². The molecule has 8 heteroatoms. The molecule has 2 aromatic rings. The van der Waals surface area contributed by atoms with Crippen molar-refractivity contribution in [2.24, 2.45) is 0 Å². The molecular weight excluding hydrogens is 376 g/mol. The summed E-state index contributed by atoms with van der Waals surface area (Å²) >= 11 is 1.34. The Balaban J connectivity index is 1.55. The maximum absolute atomic E-state index is 12.5. The minimum Gasteiger partial charge on any atom is -0.450 e. The van der Waals surface area contributed by atoms with Crippen LogP contribution in [0.2, 0.25) is 0 Å². The number of rotatable bonds is 5. The summed E-state index contributed by atoms with van der Waals surface area (Å²) in [5, 5.41) is 0.595. The Morgan fingerprint density at radius 3 is 2.43 bits per heavy atom. The molecule has 148 valence electrons. The largest absolute Gasteiger partial charge is 0.450 e. The number of benzene rings is 1. The summed E-state index contributed by atoms with van der Waals surface area (Å²) in [6.45, 7) is 6.09. The number of hydrogen-bond acceptors (Lipinski definition) is 6. The molecule has 0 spiro atoms. The highest BCUT2D eigenvalue weighted by atomic mass is 32.2. The van der Waals surface area contributed by atoms with E-state index in [0.29, 0.717) is 37.9 Å². The summed E-state index contributed by atoms with van der Waals surface area (Å²) < 4.78 is 5.00. The minimum atomic E-state index is -0.314. The molecular formula is C20H24N4O3S. The molecule has 1 fully saturated rings. The minimum absolute atomic E-state index is 0.0277. The molecule has 28 heavy (non-hydrogen) atoms. The van der Waals surface area contributed by atoms with Gasteiger partial charge in [-0.15, -0.1) is 0 Å². The first-order valence-corrected chi connectivity index (χ1v) is 10.3. The van der Waals surface area contributed by atoms with Gasteiger partial charge in [-0.3, -0.25) is 4.79 Å². The van der Waals surface area contributed by atoms with Gasteiger partial charge in [0.15, 0.2) is 5.16 Å². The van der Waals surface area contributed by atoms with Crippen LogP contribution in [0.3, 0.4) is 0 Å². The third kappa shape index (κ3) is 5.22. The van der Waals surface area contributed by atoms with E-state index in [0.717, 1.165) is 17.0 Å². The molecule has 3 rings (SSSR count). The Labute approximate surface area is 169 Å². The summed E-state index contributed by atoms with van der Waals surface area (Å²) in [4.78, 5) is 36.7. The second-order valence-corrected chi connectivity index (χ2v) is 7.34. The lowest BCUT2D eigenvalue weighted by atomic mass is 10.1. The normalized spacial score (nSPS) is 14.1. The number of aromatic nitrogens is 2. The van der Waals surface area contributed by atoms with Gasteiger partial charge in [-0.2, -0.15) is 0 Å². The Morgan fingerprint density at radius 1 is 1.07 bits per heavy atom. The van der Waals surface area contributed by atoms with E-state index in [2.05, 4.69) is 9.97 Å². The predicted octanol–water partition coefficient (Wildman–Crippen LogP) is 2.84. The molecule has 0 bridgehead atoms. The van der Waals surface area contributed by atoms with Crippen LogP contribution in [0.1, 0.15) is 12.6 Å². The fourth-order valence-electron chi connectivity index (χ4n) is 2.93. The zero-order valence-electron chi connectivity index (χ0n) is 16.1. The van der Waals surface area contributed by atoms with Crippen LogP contribution < -0.4 is 0 Å². The highest BCUT2D eigenvalue weighted by Crippen LogP contribution is 2.22. The number of piperazine rings is 1. The van der Waals surface area contributed by atoms with Crippen LogP contribution in [-0.2, 0) is 9.53 Å². The lowest BCUT2D eigenvalue weighted by Gasteiger charge is -2.34. The Morgan fingerprint density at radius 2 is 1.75 bits per heavy atom. The van der Waals surface area contributed by atoms with Crippen LogP contribution in [-0.4, -0.2) is 70.3 Å². The van der Waals surface area contributed by atoms with Gasteiger partial charge in [-0.05, 0) is 19.9 Å². The van der Waals surface area contributed by atoms with E-state index >= 15 is 0 Å². The van der Waals surface area contributed by atoms with E-state index in [1.807, 2.05) is 43.3 Å². The molecule has 1 aliphatic heterocycles. The summed E-state index contributed by atoms with van der Waals surface area (Å²) in [5.74, 6) is 0.303. The number of carbonyl (C=O) groups excluding carboxylic acids is 2. The van der Waals surface area contributed by atoms with Crippen molar-refractivity contribution in [2.75, 3.05) is 38.5 Å². The lowest BCUT2D eigenvalue weighted by Crippen LogP contribution is -2.51. The summed E-state index contributed by atoms with van der Waals surface area (Å²) in [6.07, 6.45) is -0.314. The molecule has 0 saturated carbocycles. The van der Waals surface area contributed by atoms with Crippen molar-refractivity contribution < 1.29 is 14.3 Å². The molecule has 0 radical (unpaired) electrons. The molecule has 0 unspecified atom stereocenters. The smallest absolute Gasteiger partial charge is 0.409 e. The van der Waals surface area contributed by atoms with E-state index in [1.165, 1.54) is 11.8 Å². The molecule has 7 nitrogen and oxygen atoms in total. The van der Waals surface area contributed by atoms with Gasteiger partial charge < -0.3 is 14.5 Å². The molecule has 0 atom stereocenters. The fourth-order valence-corrected chi connectivity index (χ4v) is 3.74. The molecule has 1 saturated heterocycles. The van der Waals surface area contributed by atoms with Gasteiger partial charge >= 0.3 is 6.09 Å². The van der Waals surface area contributed by atoms with Gasteiger partial charge in [0, 0.05) is 37.4 Å². The van der Waals surface area contributed by atoms with Gasteiger partial charge in [0.25, 0.3) is 0 Å². The first-order valence-electron chi connectivity index (χ1n) is 9.30. The third-order valence-corrected chi connectivity index (χ3v) is 5.22. The fraction of sp³-hybridized carbons (Fsp3) is 0.400. The summed E-state index contributed by atoms with van der Waals surface area (Å²) in [7, 11) is 0. The van der Waals surface area contributed by atoms with Gasteiger partial charge in [0.2, 0.25) is 5.91 Å². The molecule has 0 N–H and O–H groups in total. The third-order valence-electron chi connectivity index (χ3n) is 4.39. The SMILES string of the molecule is CCOC(=O)N1CCN(C(=O)CSc2nc(C)cc(-c3ccccc3)n2)CC1. The second kappa shape index (κ2) is 9.54. The molecule has 1 aliphatic rings. The zero-order chi connectivity index (χ0) is 19.9. The van der Waals surface area contributed by atoms with E-state index in [-0.39, 0.29) is 17.8 Å². The van der Waals surface area contributed by atoms with Crippen molar-refractivity contribution in [1.29, 1.82) is 0 Å². The molecule has 2 amide bonds. The first kappa shape index (κ1) is 20.1. The number of ether oxygens (including phenoxy) is 1. The Kier molecular flexibility index (Phi) is 6.86. The predicted molar refractivity (Wildman–Crippen MR) is 108 cm³/mol. The number of thioether (sulfide) groups is 1. The Bertz CT molecular complexity index is 823. The first-order chi connectivity index (χ1) is 13.6. The number of hydrogen-bond donors (Lipinski definition) is 0. The summed E-state index contributed by atoms with van der Waals surface area (Å²) in [6, 6.07) is 11.9. The van der Waals surface area contributed by atoms with Gasteiger partial charge in [0.05, 0.1) is 18.1 Å². The van der Waals surface area contributed by atoms with Crippen molar-refractivity contribution in [3.63, 3.8) is 0 Å². The van der Waals surface area contributed by atoms with Gasteiger partial charge in [-0.1, -0.05) is 42.1 Å². The number of aryl methyl sites for hydroxylation is 1. The van der Waals surface area contributed by atoms with Gasteiger partial charge in [0.1, 0.15) is 0 Å². The standard InChI is InChI=1S/C20H24N4O3S/c1-3-27-20(26)24-11-9-23(10-12-24)18(25)14-28-19-21-15(2)13-17(22-19)16-7-5-4-6-8-16/h4-8,13H,3,9-12,14H2,1-2H3. The summed E-state index contributed by atoms with van der Waals surface area (Å²) in [5.41, 5.74) is 2.74. The molecule has 1 aromatic heterocycles.